The highest BCUT2D eigenvalue weighted by molar-refractivity contribution is 6.31. The molecular formula is C12H12ClFN2O3. The van der Waals surface area contributed by atoms with Crippen LogP contribution in [0.2, 0.25) is 5.02 Å². The smallest absolute Gasteiger partial charge is 0.229 e. The van der Waals surface area contributed by atoms with Crippen LogP contribution in [0.25, 0.3) is 11.4 Å². The lowest BCUT2D eigenvalue weighted by atomic mass is 10.2. The molecule has 0 bridgehead atoms. The fraction of sp³-hybridized carbons (Fsp3) is 0.333. The number of benzene rings is 1. The van der Waals surface area contributed by atoms with Gasteiger partial charge in [0.25, 0.3) is 0 Å². The summed E-state index contributed by atoms with van der Waals surface area (Å²) in [5, 5.41) is 13.3. The minimum Gasteiger partial charge on any atom is -0.390 e. The number of methoxy groups -OCH3 is 1. The first-order chi connectivity index (χ1) is 9.10. The summed E-state index contributed by atoms with van der Waals surface area (Å²) in [4.78, 5) is 4.10. The Morgan fingerprint density at radius 1 is 1.53 bits per heavy atom. The molecule has 0 amide bonds. The van der Waals surface area contributed by atoms with Crippen molar-refractivity contribution in [3.63, 3.8) is 0 Å². The van der Waals surface area contributed by atoms with E-state index in [1.165, 1.54) is 25.3 Å². The largest absolute Gasteiger partial charge is 0.390 e. The Bertz CT molecular complexity index is 562. The number of rotatable bonds is 5. The van der Waals surface area contributed by atoms with Crippen LogP contribution in [0.1, 0.15) is 5.89 Å². The van der Waals surface area contributed by atoms with Crippen molar-refractivity contribution in [3.8, 4) is 11.4 Å². The van der Waals surface area contributed by atoms with Gasteiger partial charge in [0.2, 0.25) is 11.7 Å². The zero-order valence-corrected chi connectivity index (χ0v) is 10.9. The van der Waals surface area contributed by atoms with Crippen LogP contribution in [0.15, 0.2) is 22.7 Å². The van der Waals surface area contributed by atoms with Crippen molar-refractivity contribution < 1.29 is 18.8 Å². The normalized spacial score (nSPS) is 12.6. The van der Waals surface area contributed by atoms with Crippen molar-refractivity contribution >= 4 is 11.6 Å². The summed E-state index contributed by atoms with van der Waals surface area (Å²) in [6.45, 7) is 0.181. The van der Waals surface area contributed by atoms with Crippen molar-refractivity contribution in [1.82, 2.24) is 10.1 Å². The number of halogens is 2. The second-order valence-electron chi connectivity index (χ2n) is 3.95. The van der Waals surface area contributed by atoms with Crippen molar-refractivity contribution in [2.75, 3.05) is 13.7 Å². The third-order valence-corrected chi connectivity index (χ3v) is 2.70. The highest BCUT2D eigenvalue weighted by Crippen LogP contribution is 2.22. The Kier molecular flexibility index (Phi) is 4.47. The second kappa shape index (κ2) is 6.10. The fourth-order valence-corrected chi connectivity index (χ4v) is 1.72. The average molecular weight is 287 g/mol. The molecule has 1 unspecified atom stereocenters. The summed E-state index contributed by atoms with van der Waals surface area (Å²) < 4.78 is 22.8. The lowest BCUT2D eigenvalue weighted by molar-refractivity contribution is 0.0599. The van der Waals surface area contributed by atoms with Crippen LogP contribution in [0.5, 0.6) is 0 Å². The average Bonchev–Trinajstić information content (AvgIpc) is 2.81. The Balaban J connectivity index is 2.14. The molecule has 0 fully saturated rings. The summed E-state index contributed by atoms with van der Waals surface area (Å²) in [6.07, 6.45) is -0.523. The molecule has 0 radical (unpaired) electrons. The van der Waals surface area contributed by atoms with E-state index in [0.717, 1.165) is 0 Å². The molecule has 2 rings (SSSR count). The Morgan fingerprint density at radius 3 is 3.00 bits per heavy atom. The number of nitrogens with zero attached hydrogens (tertiary/aromatic N) is 2. The topological polar surface area (TPSA) is 68.4 Å². The number of aliphatic hydroxyl groups excluding tert-OH is 1. The van der Waals surface area contributed by atoms with Gasteiger partial charge in [-0.3, -0.25) is 0 Å². The number of ether oxygens (including phenoxy) is 1. The van der Waals surface area contributed by atoms with Crippen LogP contribution in [0, 0.1) is 5.82 Å². The van der Waals surface area contributed by atoms with E-state index in [9.17, 15) is 9.50 Å². The quantitative estimate of drug-likeness (QED) is 0.911. The van der Waals surface area contributed by atoms with Crippen molar-refractivity contribution in [2.45, 2.75) is 12.5 Å². The molecule has 19 heavy (non-hydrogen) atoms. The maximum absolute atomic E-state index is 13.0. The van der Waals surface area contributed by atoms with E-state index in [4.69, 9.17) is 20.9 Å². The Hall–Kier alpha value is -1.50. The molecule has 0 aliphatic carbocycles. The van der Waals surface area contributed by atoms with Gasteiger partial charge in [-0.15, -0.1) is 0 Å². The minimum atomic E-state index is -0.713. The van der Waals surface area contributed by atoms with E-state index < -0.39 is 11.9 Å². The van der Waals surface area contributed by atoms with Gasteiger partial charge in [-0.1, -0.05) is 16.8 Å². The Labute approximate surface area is 114 Å². The lowest BCUT2D eigenvalue weighted by Gasteiger charge is -2.04. The third kappa shape index (κ3) is 3.50. The van der Waals surface area contributed by atoms with E-state index in [0.29, 0.717) is 11.4 Å². The highest BCUT2D eigenvalue weighted by atomic mass is 35.5. The zero-order valence-electron chi connectivity index (χ0n) is 10.1. The molecule has 0 aliphatic rings. The van der Waals surface area contributed by atoms with Gasteiger partial charge in [-0.05, 0) is 18.2 Å². The van der Waals surface area contributed by atoms with E-state index in [-0.39, 0.29) is 23.9 Å². The summed E-state index contributed by atoms with van der Waals surface area (Å²) in [6, 6.07) is 4.14. The van der Waals surface area contributed by atoms with Crippen LogP contribution in [0.3, 0.4) is 0 Å². The summed E-state index contributed by atoms with van der Waals surface area (Å²) >= 11 is 5.68. The van der Waals surface area contributed by atoms with Gasteiger partial charge in [0.15, 0.2) is 0 Å². The molecule has 0 saturated heterocycles. The second-order valence-corrected chi connectivity index (χ2v) is 4.36. The molecule has 0 saturated carbocycles. The standard InChI is InChI=1S/C12H12ClFN2O3/c1-18-6-8(17)5-11-15-12(16-19-11)7-2-3-10(14)9(13)4-7/h2-4,8,17H,5-6H2,1H3. The van der Waals surface area contributed by atoms with Crippen molar-refractivity contribution in [3.05, 3.63) is 34.9 Å². The monoisotopic (exact) mass is 286 g/mol. The van der Waals surface area contributed by atoms with Crippen LogP contribution >= 0.6 is 11.6 Å². The van der Waals surface area contributed by atoms with E-state index in [2.05, 4.69) is 10.1 Å². The maximum Gasteiger partial charge on any atom is 0.229 e. The predicted molar refractivity (Wildman–Crippen MR) is 66.3 cm³/mol. The lowest BCUT2D eigenvalue weighted by Crippen LogP contribution is -2.17. The van der Waals surface area contributed by atoms with E-state index in [1.807, 2.05) is 0 Å². The number of hydrogen-bond donors (Lipinski definition) is 1. The van der Waals surface area contributed by atoms with E-state index >= 15 is 0 Å². The predicted octanol–water partition coefficient (Wildman–Crippen LogP) is 2.08. The summed E-state index contributed by atoms with van der Waals surface area (Å²) in [5.41, 5.74) is 0.544. The molecule has 1 aromatic heterocycles. The van der Waals surface area contributed by atoms with Crippen LogP contribution < -0.4 is 0 Å². The van der Waals surface area contributed by atoms with Gasteiger partial charge in [-0.25, -0.2) is 4.39 Å². The molecule has 2 aromatic rings. The zero-order chi connectivity index (χ0) is 13.8. The van der Waals surface area contributed by atoms with Gasteiger partial charge >= 0.3 is 0 Å². The fourth-order valence-electron chi connectivity index (χ4n) is 1.54. The van der Waals surface area contributed by atoms with Crippen LogP contribution in [-0.2, 0) is 11.2 Å². The molecule has 0 aliphatic heterocycles. The molecular weight excluding hydrogens is 275 g/mol. The van der Waals surface area contributed by atoms with E-state index in [1.54, 1.807) is 0 Å². The van der Waals surface area contributed by atoms with Crippen LogP contribution in [0.4, 0.5) is 4.39 Å². The number of hydrogen-bond acceptors (Lipinski definition) is 5. The van der Waals surface area contributed by atoms with Gasteiger partial charge in [-0.2, -0.15) is 4.98 Å². The molecule has 7 heteroatoms. The maximum atomic E-state index is 13.0. The molecule has 0 spiro atoms. The molecule has 1 atom stereocenters. The SMILES string of the molecule is COCC(O)Cc1nc(-c2ccc(F)c(Cl)c2)no1. The minimum absolute atomic E-state index is 0.0109. The van der Waals surface area contributed by atoms with Gasteiger partial charge in [0.1, 0.15) is 5.82 Å². The Morgan fingerprint density at radius 2 is 2.32 bits per heavy atom. The molecule has 5 nitrogen and oxygen atoms in total. The summed E-state index contributed by atoms with van der Waals surface area (Å²) in [7, 11) is 1.49. The number of aromatic nitrogens is 2. The van der Waals surface area contributed by atoms with Gasteiger partial charge < -0.3 is 14.4 Å². The van der Waals surface area contributed by atoms with Crippen LogP contribution in [-0.4, -0.2) is 35.1 Å². The van der Waals surface area contributed by atoms with Crippen molar-refractivity contribution in [2.24, 2.45) is 0 Å². The number of aliphatic hydroxyl groups is 1. The first kappa shape index (κ1) is 13.9. The van der Waals surface area contributed by atoms with Gasteiger partial charge in [0.05, 0.1) is 24.2 Å². The molecule has 1 heterocycles. The first-order valence-corrected chi connectivity index (χ1v) is 5.93. The van der Waals surface area contributed by atoms with Crippen molar-refractivity contribution in [1.29, 1.82) is 0 Å². The molecule has 102 valence electrons. The van der Waals surface area contributed by atoms with Gasteiger partial charge in [0, 0.05) is 12.7 Å². The molecule has 1 aromatic carbocycles. The highest BCUT2D eigenvalue weighted by Gasteiger charge is 2.14. The molecule has 1 N–H and O–H groups in total. The first-order valence-electron chi connectivity index (χ1n) is 5.55. The third-order valence-electron chi connectivity index (χ3n) is 2.42. The summed E-state index contributed by atoms with van der Waals surface area (Å²) in [5.74, 6) is 0.0613.